The van der Waals surface area contributed by atoms with Crippen molar-refractivity contribution in [3.63, 3.8) is 0 Å². The van der Waals surface area contributed by atoms with E-state index in [4.69, 9.17) is 4.74 Å². The topological polar surface area (TPSA) is 70.5 Å². The minimum Gasteiger partial charge on any atom is -0.393 e. The summed E-state index contributed by atoms with van der Waals surface area (Å²) in [6, 6.07) is 10.0. The van der Waals surface area contributed by atoms with Crippen molar-refractivity contribution in [3.8, 4) is 0 Å². The predicted octanol–water partition coefficient (Wildman–Crippen LogP) is 2.38. The van der Waals surface area contributed by atoms with E-state index in [1.54, 1.807) is 0 Å². The molecule has 2 heterocycles. The maximum Gasteiger partial charge on any atom is 0.225 e. The highest BCUT2D eigenvalue weighted by atomic mass is 19.1. The Morgan fingerprint density at radius 2 is 1.92 bits per heavy atom. The highest BCUT2D eigenvalue weighted by Crippen LogP contribution is 2.39. The molecule has 0 unspecified atom stereocenters. The van der Waals surface area contributed by atoms with E-state index in [1.165, 1.54) is 6.20 Å². The number of halogens is 1. The minimum atomic E-state index is -0.423. The number of aliphatic hydroxyl groups is 1. The Morgan fingerprint density at radius 1 is 1.19 bits per heavy atom. The molecule has 26 heavy (non-hydrogen) atoms. The molecule has 1 aliphatic carbocycles. The molecule has 1 aliphatic heterocycles. The number of ether oxygens (including phenoxy) is 1. The van der Waals surface area contributed by atoms with E-state index in [0.717, 1.165) is 18.4 Å². The first-order valence-corrected chi connectivity index (χ1v) is 9.05. The van der Waals surface area contributed by atoms with E-state index < -0.39 is 5.82 Å². The zero-order valence-corrected chi connectivity index (χ0v) is 14.5. The van der Waals surface area contributed by atoms with Crippen molar-refractivity contribution in [2.45, 2.75) is 25.0 Å². The van der Waals surface area contributed by atoms with Gasteiger partial charge < -0.3 is 20.1 Å². The lowest BCUT2D eigenvalue weighted by Crippen LogP contribution is -2.38. The average molecular weight is 358 g/mol. The maximum atomic E-state index is 14.2. The third-order valence-electron chi connectivity index (χ3n) is 5.10. The molecule has 2 aromatic rings. The third-order valence-corrected chi connectivity index (χ3v) is 5.10. The molecule has 0 amide bonds. The highest BCUT2D eigenvalue weighted by molar-refractivity contribution is 5.45. The Balaban J connectivity index is 1.57. The van der Waals surface area contributed by atoms with E-state index in [-0.39, 0.29) is 12.1 Å². The van der Waals surface area contributed by atoms with Crippen LogP contribution in [-0.4, -0.2) is 47.5 Å². The molecule has 4 rings (SSSR count). The number of hydrogen-bond donors (Lipinski definition) is 2. The van der Waals surface area contributed by atoms with Crippen LogP contribution in [0.4, 0.5) is 16.2 Å². The van der Waals surface area contributed by atoms with Crippen LogP contribution in [0.2, 0.25) is 0 Å². The SMILES string of the molecule is OC1CC([C@H](Nc2ncc(F)c(N3CCOCC3)n2)c2ccccc2)C1. The van der Waals surface area contributed by atoms with Crippen molar-refractivity contribution in [1.29, 1.82) is 0 Å². The van der Waals surface area contributed by atoms with Gasteiger partial charge in [-0.2, -0.15) is 4.98 Å². The average Bonchev–Trinajstić information content (AvgIpc) is 2.66. The van der Waals surface area contributed by atoms with Gasteiger partial charge in [0.05, 0.1) is 31.6 Å². The molecule has 138 valence electrons. The second-order valence-electron chi connectivity index (χ2n) is 6.88. The molecule has 1 aromatic heterocycles. The van der Waals surface area contributed by atoms with Gasteiger partial charge in [-0.3, -0.25) is 0 Å². The monoisotopic (exact) mass is 358 g/mol. The lowest BCUT2D eigenvalue weighted by Gasteiger charge is -2.38. The lowest BCUT2D eigenvalue weighted by atomic mass is 9.75. The predicted molar refractivity (Wildman–Crippen MR) is 96.6 cm³/mol. The largest absolute Gasteiger partial charge is 0.393 e. The van der Waals surface area contributed by atoms with Gasteiger partial charge in [-0.1, -0.05) is 30.3 Å². The quantitative estimate of drug-likeness (QED) is 0.855. The summed E-state index contributed by atoms with van der Waals surface area (Å²) in [5, 5.41) is 13.1. The molecule has 1 atom stereocenters. The molecule has 0 bridgehead atoms. The Hall–Kier alpha value is -2.25. The Labute approximate surface area is 152 Å². The van der Waals surface area contributed by atoms with Crippen LogP contribution in [0.3, 0.4) is 0 Å². The minimum absolute atomic E-state index is 0.0115. The van der Waals surface area contributed by atoms with Gasteiger partial charge >= 0.3 is 0 Å². The van der Waals surface area contributed by atoms with Crippen LogP contribution in [0.15, 0.2) is 36.5 Å². The molecular weight excluding hydrogens is 335 g/mol. The summed E-state index contributed by atoms with van der Waals surface area (Å²) < 4.78 is 19.6. The molecule has 0 spiro atoms. The van der Waals surface area contributed by atoms with Crippen LogP contribution in [0.25, 0.3) is 0 Å². The van der Waals surface area contributed by atoms with Crippen LogP contribution < -0.4 is 10.2 Å². The van der Waals surface area contributed by atoms with Gasteiger partial charge in [0.15, 0.2) is 11.6 Å². The van der Waals surface area contributed by atoms with Gasteiger partial charge in [0.1, 0.15) is 0 Å². The molecular formula is C19H23FN4O2. The van der Waals surface area contributed by atoms with Crippen LogP contribution in [0.5, 0.6) is 0 Å². The van der Waals surface area contributed by atoms with Gasteiger partial charge in [-0.15, -0.1) is 0 Å². The van der Waals surface area contributed by atoms with Crippen molar-refractivity contribution in [2.24, 2.45) is 5.92 Å². The molecule has 6 nitrogen and oxygen atoms in total. The number of benzene rings is 1. The Kier molecular flexibility index (Phi) is 4.99. The molecule has 2 aliphatic rings. The first-order valence-electron chi connectivity index (χ1n) is 9.05. The molecule has 7 heteroatoms. The number of rotatable bonds is 5. The van der Waals surface area contributed by atoms with Crippen molar-refractivity contribution in [1.82, 2.24) is 9.97 Å². The molecule has 2 N–H and O–H groups in total. The van der Waals surface area contributed by atoms with Crippen LogP contribution >= 0.6 is 0 Å². The number of morpholine rings is 1. The standard InChI is InChI=1S/C19H23FN4O2/c20-16-12-21-19(23-18(16)24-6-8-26-9-7-24)22-17(14-10-15(25)11-14)13-4-2-1-3-5-13/h1-5,12,14-15,17,25H,6-11H2,(H,21,22,23)/t14?,15?,17-/m1/s1. The second-order valence-corrected chi connectivity index (χ2v) is 6.88. The van der Waals surface area contributed by atoms with E-state index in [1.807, 2.05) is 23.1 Å². The number of anilines is 2. The first kappa shape index (κ1) is 17.2. The number of hydrogen-bond acceptors (Lipinski definition) is 6. The molecule has 1 saturated heterocycles. The highest BCUT2D eigenvalue weighted by Gasteiger charge is 2.35. The van der Waals surface area contributed by atoms with Crippen molar-refractivity contribution in [3.05, 3.63) is 47.9 Å². The van der Waals surface area contributed by atoms with E-state index in [9.17, 15) is 9.50 Å². The molecule has 1 saturated carbocycles. The van der Waals surface area contributed by atoms with Crippen LogP contribution in [-0.2, 0) is 4.74 Å². The summed E-state index contributed by atoms with van der Waals surface area (Å²) in [4.78, 5) is 10.5. The molecule has 1 aromatic carbocycles. The number of nitrogens with zero attached hydrogens (tertiary/aromatic N) is 3. The zero-order valence-electron chi connectivity index (χ0n) is 14.5. The smallest absolute Gasteiger partial charge is 0.225 e. The van der Waals surface area contributed by atoms with Crippen molar-refractivity contribution in [2.75, 3.05) is 36.5 Å². The normalized spacial score (nSPS) is 24.0. The second kappa shape index (κ2) is 7.55. The Bertz CT molecular complexity index is 734. The fourth-order valence-corrected chi connectivity index (χ4v) is 3.60. The summed E-state index contributed by atoms with van der Waals surface area (Å²) >= 11 is 0. The fraction of sp³-hybridized carbons (Fsp3) is 0.474. The van der Waals surface area contributed by atoms with Crippen molar-refractivity contribution < 1.29 is 14.2 Å². The number of aliphatic hydroxyl groups excluding tert-OH is 1. The van der Waals surface area contributed by atoms with Crippen molar-refractivity contribution >= 4 is 11.8 Å². The first-order chi connectivity index (χ1) is 12.7. The summed E-state index contributed by atoms with van der Waals surface area (Å²) in [6.07, 6.45) is 2.46. The van der Waals surface area contributed by atoms with E-state index in [2.05, 4.69) is 27.4 Å². The fourth-order valence-electron chi connectivity index (χ4n) is 3.60. The van der Waals surface area contributed by atoms with Gasteiger partial charge in [-0.25, -0.2) is 9.37 Å². The van der Waals surface area contributed by atoms with Gasteiger partial charge in [0.2, 0.25) is 5.95 Å². The van der Waals surface area contributed by atoms with Gasteiger partial charge in [0.25, 0.3) is 0 Å². The van der Waals surface area contributed by atoms with Gasteiger partial charge in [0, 0.05) is 13.1 Å². The third kappa shape index (κ3) is 3.64. The molecule has 0 radical (unpaired) electrons. The number of nitrogens with one attached hydrogen (secondary N) is 1. The van der Waals surface area contributed by atoms with Crippen LogP contribution in [0.1, 0.15) is 24.4 Å². The summed E-state index contributed by atoms with van der Waals surface area (Å²) in [7, 11) is 0. The Morgan fingerprint density at radius 3 is 2.62 bits per heavy atom. The summed E-state index contributed by atoms with van der Waals surface area (Å²) in [5.74, 6) is 0.593. The van der Waals surface area contributed by atoms with E-state index in [0.29, 0.717) is 44.0 Å². The van der Waals surface area contributed by atoms with Crippen LogP contribution in [0, 0.1) is 11.7 Å². The lowest BCUT2D eigenvalue weighted by molar-refractivity contribution is 0.0338. The summed E-state index contributed by atoms with van der Waals surface area (Å²) in [6.45, 7) is 2.37. The maximum absolute atomic E-state index is 14.2. The van der Waals surface area contributed by atoms with E-state index >= 15 is 0 Å². The number of aromatic nitrogens is 2. The van der Waals surface area contributed by atoms with Gasteiger partial charge in [-0.05, 0) is 24.3 Å². The molecule has 2 fully saturated rings. The summed E-state index contributed by atoms with van der Waals surface area (Å²) in [5.41, 5.74) is 1.12. The zero-order chi connectivity index (χ0) is 17.9.